The van der Waals surface area contributed by atoms with Gasteiger partial charge in [-0.25, -0.2) is 0 Å². The Morgan fingerprint density at radius 1 is 1.05 bits per heavy atom. The minimum absolute atomic E-state index is 0.225. The van der Waals surface area contributed by atoms with E-state index >= 15 is 0 Å². The van der Waals surface area contributed by atoms with Crippen LogP contribution in [-0.2, 0) is 6.42 Å². The molecule has 1 atom stereocenters. The molecule has 3 aromatic rings. The van der Waals surface area contributed by atoms with Crippen molar-refractivity contribution < 1.29 is 0 Å². The van der Waals surface area contributed by atoms with Crippen LogP contribution in [0.15, 0.2) is 61.2 Å². The van der Waals surface area contributed by atoms with Crippen LogP contribution in [0.1, 0.15) is 29.9 Å². The first kappa shape index (κ1) is 12.5. The Morgan fingerprint density at radius 2 is 1.80 bits per heavy atom. The topological polar surface area (TPSA) is 43.6 Å². The third-order valence-corrected chi connectivity index (χ3v) is 3.46. The second kappa shape index (κ2) is 5.65. The molecule has 0 aliphatic carbocycles. The molecule has 0 amide bonds. The van der Waals surface area contributed by atoms with Crippen LogP contribution in [0.3, 0.4) is 0 Å². The van der Waals surface area contributed by atoms with Gasteiger partial charge in [0.1, 0.15) is 12.2 Å². The van der Waals surface area contributed by atoms with Gasteiger partial charge in [-0.2, -0.15) is 0 Å². The van der Waals surface area contributed by atoms with Crippen molar-refractivity contribution in [3.05, 3.63) is 78.1 Å². The zero-order chi connectivity index (χ0) is 13.8. The molecule has 0 N–H and O–H groups in total. The molecule has 0 spiro atoms. The van der Waals surface area contributed by atoms with E-state index in [2.05, 4.69) is 50.9 Å². The Balaban J connectivity index is 1.87. The zero-order valence-electron chi connectivity index (χ0n) is 11.3. The first-order valence-electron chi connectivity index (χ1n) is 6.67. The molecule has 0 unspecified atom stereocenters. The molecule has 100 valence electrons. The Hall–Kier alpha value is -2.49. The van der Waals surface area contributed by atoms with Gasteiger partial charge in [-0.3, -0.25) is 4.98 Å². The maximum absolute atomic E-state index is 4.25. The Morgan fingerprint density at radius 3 is 2.55 bits per heavy atom. The van der Waals surface area contributed by atoms with Gasteiger partial charge in [-0.05, 0) is 30.2 Å². The monoisotopic (exact) mass is 264 g/mol. The summed E-state index contributed by atoms with van der Waals surface area (Å²) in [4.78, 5) is 4.04. The van der Waals surface area contributed by atoms with Crippen molar-refractivity contribution in [1.82, 2.24) is 19.7 Å². The highest BCUT2D eigenvalue weighted by molar-refractivity contribution is 5.21. The standard InChI is InChI=1S/C16H16N4/c1-13(15-5-3-2-4-6-15)20-12-18-19-16(20)11-14-7-9-17-10-8-14/h2-10,12-13H,11H2,1H3/t13-/m1/s1. The van der Waals surface area contributed by atoms with Crippen LogP contribution in [-0.4, -0.2) is 19.7 Å². The van der Waals surface area contributed by atoms with E-state index in [-0.39, 0.29) is 6.04 Å². The summed E-state index contributed by atoms with van der Waals surface area (Å²) in [5.74, 6) is 0.965. The highest BCUT2D eigenvalue weighted by Crippen LogP contribution is 2.19. The summed E-state index contributed by atoms with van der Waals surface area (Å²) >= 11 is 0. The van der Waals surface area contributed by atoms with E-state index in [4.69, 9.17) is 0 Å². The number of aromatic nitrogens is 4. The van der Waals surface area contributed by atoms with Gasteiger partial charge in [0, 0.05) is 18.8 Å². The Labute approximate surface area is 118 Å². The summed E-state index contributed by atoms with van der Waals surface area (Å²) < 4.78 is 2.12. The van der Waals surface area contributed by atoms with E-state index in [0.717, 1.165) is 12.2 Å². The fourth-order valence-electron chi connectivity index (χ4n) is 2.29. The minimum atomic E-state index is 0.225. The predicted molar refractivity (Wildman–Crippen MR) is 77.3 cm³/mol. The lowest BCUT2D eigenvalue weighted by molar-refractivity contribution is 0.608. The molecule has 2 heterocycles. The van der Waals surface area contributed by atoms with Crippen molar-refractivity contribution in [1.29, 1.82) is 0 Å². The van der Waals surface area contributed by atoms with Gasteiger partial charge >= 0.3 is 0 Å². The molecule has 0 saturated carbocycles. The molecule has 0 radical (unpaired) electrons. The average Bonchev–Trinajstić information content (AvgIpc) is 2.96. The molecule has 20 heavy (non-hydrogen) atoms. The second-order valence-corrected chi connectivity index (χ2v) is 4.77. The number of hydrogen-bond acceptors (Lipinski definition) is 3. The maximum Gasteiger partial charge on any atom is 0.137 e. The van der Waals surface area contributed by atoms with Gasteiger partial charge in [0.05, 0.1) is 6.04 Å². The fraction of sp³-hybridized carbons (Fsp3) is 0.188. The van der Waals surface area contributed by atoms with E-state index in [9.17, 15) is 0 Å². The van der Waals surface area contributed by atoms with Gasteiger partial charge in [0.15, 0.2) is 0 Å². The number of hydrogen-bond donors (Lipinski definition) is 0. The third kappa shape index (κ3) is 2.59. The van der Waals surface area contributed by atoms with Crippen molar-refractivity contribution in [2.24, 2.45) is 0 Å². The highest BCUT2D eigenvalue weighted by Gasteiger charge is 2.13. The molecular weight excluding hydrogens is 248 g/mol. The lowest BCUT2D eigenvalue weighted by Crippen LogP contribution is -2.10. The molecule has 0 saturated heterocycles. The van der Waals surface area contributed by atoms with E-state index < -0.39 is 0 Å². The van der Waals surface area contributed by atoms with Crippen LogP contribution in [0.25, 0.3) is 0 Å². The van der Waals surface area contributed by atoms with E-state index in [1.165, 1.54) is 11.1 Å². The van der Waals surface area contributed by atoms with Crippen molar-refractivity contribution in [3.8, 4) is 0 Å². The first-order chi connectivity index (χ1) is 9.84. The van der Waals surface area contributed by atoms with E-state index in [1.807, 2.05) is 18.2 Å². The van der Waals surface area contributed by atoms with Crippen LogP contribution in [0.4, 0.5) is 0 Å². The second-order valence-electron chi connectivity index (χ2n) is 4.77. The molecule has 3 rings (SSSR count). The molecule has 1 aromatic carbocycles. The fourth-order valence-corrected chi connectivity index (χ4v) is 2.29. The molecule has 0 fully saturated rings. The molecule has 0 bridgehead atoms. The molecule has 0 aliphatic heterocycles. The average molecular weight is 264 g/mol. The lowest BCUT2D eigenvalue weighted by atomic mass is 10.1. The molecule has 0 aliphatic rings. The molecule has 4 nitrogen and oxygen atoms in total. The summed E-state index contributed by atoms with van der Waals surface area (Å²) in [6.07, 6.45) is 6.17. The maximum atomic E-state index is 4.25. The first-order valence-corrected chi connectivity index (χ1v) is 6.67. The lowest BCUT2D eigenvalue weighted by Gasteiger charge is -2.15. The van der Waals surface area contributed by atoms with Crippen molar-refractivity contribution in [2.75, 3.05) is 0 Å². The summed E-state index contributed by atoms with van der Waals surface area (Å²) in [6, 6.07) is 14.6. The van der Waals surface area contributed by atoms with Crippen LogP contribution in [0, 0.1) is 0 Å². The minimum Gasteiger partial charge on any atom is -0.310 e. The van der Waals surface area contributed by atoms with E-state index in [0.29, 0.717) is 0 Å². The summed E-state index contributed by atoms with van der Waals surface area (Å²) in [5.41, 5.74) is 2.44. The van der Waals surface area contributed by atoms with Gasteiger partial charge < -0.3 is 4.57 Å². The Bertz CT molecular complexity index is 661. The molecule has 4 heteroatoms. The van der Waals surface area contributed by atoms with Gasteiger partial charge in [0.2, 0.25) is 0 Å². The van der Waals surface area contributed by atoms with Crippen molar-refractivity contribution in [3.63, 3.8) is 0 Å². The number of nitrogens with zero attached hydrogens (tertiary/aromatic N) is 4. The third-order valence-electron chi connectivity index (χ3n) is 3.46. The summed E-state index contributed by atoms with van der Waals surface area (Å²) in [7, 11) is 0. The van der Waals surface area contributed by atoms with Gasteiger partial charge in [-0.1, -0.05) is 30.3 Å². The summed E-state index contributed by atoms with van der Waals surface area (Å²) in [6.45, 7) is 2.16. The highest BCUT2D eigenvalue weighted by atomic mass is 15.3. The number of pyridine rings is 1. The van der Waals surface area contributed by atoms with Crippen LogP contribution >= 0.6 is 0 Å². The van der Waals surface area contributed by atoms with Crippen molar-refractivity contribution in [2.45, 2.75) is 19.4 Å². The van der Waals surface area contributed by atoms with Crippen LogP contribution in [0.5, 0.6) is 0 Å². The quantitative estimate of drug-likeness (QED) is 0.727. The molecular formula is C16H16N4. The summed E-state index contributed by atoms with van der Waals surface area (Å²) in [5, 5.41) is 8.31. The van der Waals surface area contributed by atoms with Crippen LogP contribution in [0.2, 0.25) is 0 Å². The Kier molecular flexibility index (Phi) is 3.54. The van der Waals surface area contributed by atoms with Gasteiger partial charge in [0.25, 0.3) is 0 Å². The predicted octanol–water partition coefficient (Wildman–Crippen LogP) is 2.87. The zero-order valence-corrected chi connectivity index (χ0v) is 11.3. The molecule has 2 aromatic heterocycles. The smallest absolute Gasteiger partial charge is 0.137 e. The number of benzene rings is 1. The van der Waals surface area contributed by atoms with Crippen LogP contribution < -0.4 is 0 Å². The normalized spacial score (nSPS) is 12.2. The SMILES string of the molecule is C[C@H](c1ccccc1)n1cnnc1Cc1ccncc1. The largest absolute Gasteiger partial charge is 0.310 e. The van der Waals surface area contributed by atoms with Gasteiger partial charge in [-0.15, -0.1) is 10.2 Å². The number of rotatable bonds is 4. The van der Waals surface area contributed by atoms with Crippen molar-refractivity contribution >= 4 is 0 Å². The van der Waals surface area contributed by atoms with E-state index in [1.54, 1.807) is 18.7 Å².